The van der Waals surface area contributed by atoms with E-state index in [9.17, 15) is 9.59 Å². The molecule has 2 aliphatic heterocycles. The van der Waals surface area contributed by atoms with Gasteiger partial charge in [0.05, 0.1) is 5.41 Å². The standard InChI is InChI=1S/C20H24N4O2/c1-2-17-21-10-13-23(17)12-8-18(25)24-11-5-9-20(14-24)15-6-3-4-7-16(15)22-19(20)26/h3-4,6-7,10,13H,2,5,8-9,11-12,14H2,1H3,(H,22,26)/t20-/m0/s1. The summed E-state index contributed by atoms with van der Waals surface area (Å²) in [5, 5.41) is 3.00. The van der Waals surface area contributed by atoms with Gasteiger partial charge in [-0.1, -0.05) is 25.1 Å². The first-order valence-electron chi connectivity index (χ1n) is 9.33. The molecule has 1 aromatic heterocycles. The van der Waals surface area contributed by atoms with Crippen molar-refractivity contribution in [2.24, 2.45) is 0 Å². The quantitative estimate of drug-likeness (QED) is 0.918. The van der Waals surface area contributed by atoms with Crippen molar-refractivity contribution < 1.29 is 9.59 Å². The van der Waals surface area contributed by atoms with Gasteiger partial charge in [-0.25, -0.2) is 4.98 Å². The Labute approximate surface area is 153 Å². The third-order valence-corrected chi connectivity index (χ3v) is 5.66. The van der Waals surface area contributed by atoms with E-state index < -0.39 is 5.41 Å². The topological polar surface area (TPSA) is 67.2 Å². The fourth-order valence-corrected chi connectivity index (χ4v) is 4.28. The lowest BCUT2D eigenvalue weighted by atomic mass is 9.75. The van der Waals surface area contributed by atoms with Gasteiger partial charge in [-0.05, 0) is 24.5 Å². The lowest BCUT2D eigenvalue weighted by Crippen LogP contribution is -2.52. The number of hydrogen-bond acceptors (Lipinski definition) is 3. The number of carbonyl (C=O) groups excluding carboxylic acids is 2. The smallest absolute Gasteiger partial charge is 0.236 e. The number of benzene rings is 1. The van der Waals surface area contributed by atoms with Gasteiger partial charge in [0.15, 0.2) is 0 Å². The molecule has 2 aliphatic rings. The van der Waals surface area contributed by atoms with Crippen LogP contribution in [0.2, 0.25) is 0 Å². The van der Waals surface area contributed by atoms with Gasteiger partial charge in [-0.15, -0.1) is 0 Å². The summed E-state index contributed by atoms with van der Waals surface area (Å²) in [6.07, 6.45) is 6.62. The summed E-state index contributed by atoms with van der Waals surface area (Å²) < 4.78 is 2.04. The second-order valence-corrected chi connectivity index (χ2v) is 7.14. The molecule has 0 aliphatic carbocycles. The minimum Gasteiger partial charge on any atom is -0.341 e. The number of anilines is 1. The number of imidazole rings is 1. The average molecular weight is 352 g/mol. The summed E-state index contributed by atoms with van der Waals surface area (Å²) in [5.74, 6) is 1.13. The summed E-state index contributed by atoms with van der Waals surface area (Å²) in [7, 11) is 0. The number of likely N-dealkylation sites (tertiary alicyclic amines) is 1. The number of para-hydroxylation sites is 1. The maximum Gasteiger partial charge on any atom is 0.236 e. The summed E-state index contributed by atoms with van der Waals surface area (Å²) in [6.45, 7) is 3.89. The molecule has 0 unspecified atom stereocenters. The van der Waals surface area contributed by atoms with Crippen molar-refractivity contribution in [1.82, 2.24) is 14.5 Å². The van der Waals surface area contributed by atoms with Crippen LogP contribution in [0.25, 0.3) is 0 Å². The van der Waals surface area contributed by atoms with Gasteiger partial charge < -0.3 is 14.8 Å². The Morgan fingerprint density at radius 1 is 1.35 bits per heavy atom. The van der Waals surface area contributed by atoms with Gasteiger partial charge in [-0.3, -0.25) is 9.59 Å². The van der Waals surface area contributed by atoms with E-state index in [1.54, 1.807) is 6.20 Å². The molecule has 6 heteroatoms. The van der Waals surface area contributed by atoms with Crippen LogP contribution < -0.4 is 5.32 Å². The van der Waals surface area contributed by atoms with Gasteiger partial charge in [0.1, 0.15) is 5.82 Å². The second kappa shape index (κ2) is 6.59. The van der Waals surface area contributed by atoms with E-state index >= 15 is 0 Å². The lowest BCUT2D eigenvalue weighted by Gasteiger charge is -2.39. The van der Waals surface area contributed by atoms with Gasteiger partial charge >= 0.3 is 0 Å². The van der Waals surface area contributed by atoms with E-state index in [0.717, 1.165) is 42.9 Å². The summed E-state index contributed by atoms with van der Waals surface area (Å²) >= 11 is 0. The van der Waals surface area contributed by atoms with Crippen molar-refractivity contribution in [2.75, 3.05) is 18.4 Å². The molecule has 2 aromatic rings. The molecular formula is C20H24N4O2. The first-order valence-corrected chi connectivity index (χ1v) is 9.33. The van der Waals surface area contributed by atoms with Crippen LogP contribution in [-0.2, 0) is 28.0 Å². The van der Waals surface area contributed by atoms with Gasteiger partial charge in [0, 0.05) is 50.6 Å². The Morgan fingerprint density at radius 2 is 2.19 bits per heavy atom. The van der Waals surface area contributed by atoms with Gasteiger partial charge in [0.25, 0.3) is 0 Å². The molecule has 1 atom stereocenters. The van der Waals surface area contributed by atoms with Crippen LogP contribution in [0.4, 0.5) is 5.69 Å². The van der Waals surface area contributed by atoms with Crippen LogP contribution in [0.1, 0.15) is 37.6 Å². The van der Waals surface area contributed by atoms with Crippen LogP contribution in [0.3, 0.4) is 0 Å². The molecule has 136 valence electrons. The van der Waals surface area contributed by atoms with Crippen LogP contribution in [-0.4, -0.2) is 39.4 Å². The van der Waals surface area contributed by atoms with Crippen LogP contribution in [0.5, 0.6) is 0 Å². The Hall–Kier alpha value is -2.63. The predicted molar refractivity (Wildman–Crippen MR) is 98.8 cm³/mol. The second-order valence-electron chi connectivity index (χ2n) is 7.14. The molecule has 6 nitrogen and oxygen atoms in total. The van der Waals surface area contributed by atoms with Crippen LogP contribution >= 0.6 is 0 Å². The molecule has 0 saturated carbocycles. The van der Waals surface area contributed by atoms with Crippen molar-refractivity contribution in [1.29, 1.82) is 0 Å². The number of fused-ring (bicyclic) bond motifs is 2. The summed E-state index contributed by atoms with van der Waals surface area (Å²) in [4.78, 5) is 31.7. The number of carbonyl (C=O) groups is 2. The first kappa shape index (κ1) is 16.8. The molecule has 3 heterocycles. The first-order chi connectivity index (χ1) is 12.6. The molecule has 26 heavy (non-hydrogen) atoms. The van der Waals surface area contributed by atoms with Gasteiger partial charge in [0.2, 0.25) is 11.8 Å². The van der Waals surface area contributed by atoms with Gasteiger partial charge in [-0.2, -0.15) is 0 Å². The molecule has 0 bridgehead atoms. The molecule has 1 fully saturated rings. The molecular weight excluding hydrogens is 328 g/mol. The zero-order valence-electron chi connectivity index (χ0n) is 15.1. The number of rotatable bonds is 4. The Balaban J connectivity index is 1.49. The van der Waals surface area contributed by atoms with E-state index in [1.807, 2.05) is 39.9 Å². The largest absolute Gasteiger partial charge is 0.341 e. The van der Waals surface area contributed by atoms with E-state index in [-0.39, 0.29) is 11.8 Å². The normalized spacial score (nSPS) is 21.7. The number of amides is 2. The number of aromatic nitrogens is 2. The van der Waals surface area contributed by atoms with E-state index in [2.05, 4.69) is 17.2 Å². The molecule has 1 aromatic carbocycles. The third kappa shape index (κ3) is 2.69. The van der Waals surface area contributed by atoms with E-state index in [4.69, 9.17) is 0 Å². The molecule has 1 saturated heterocycles. The highest BCUT2D eigenvalue weighted by atomic mass is 16.2. The van der Waals surface area contributed by atoms with Crippen molar-refractivity contribution in [3.63, 3.8) is 0 Å². The van der Waals surface area contributed by atoms with Crippen molar-refractivity contribution in [2.45, 2.75) is 44.6 Å². The lowest BCUT2D eigenvalue weighted by molar-refractivity contribution is -0.135. The monoisotopic (exact) mass is 352 g/mol. The molecule has 4 rings (SSSR count). The average Bonchev–Trinajstić information content (AvgIpc) is 3.23. The number of aryl methyl sites for hydroxylation is 2. The zero-order valence-corrected chi connectivity index (χ0v) is 15.1. The minimum absolute atomic E-state index is 0.0269. The maximum atomic E-state index is 12.8. The summed E-state index contributed by atoms with van der Waals surface area (Å²) in [5.41, 5.74) is 1.33. The van der Waals surface area contributed by atoms with Crippen LogP contribution in [0.15, 0.2) is 36.7 Å². The molecule has 0 radical (unpaired) electrons. The maximum absolute atomic E-state index is 12.8. The Bertz CT molecular complexity index is 844. The zero-order chi connectivity index (χ0) is 18.1. The van der Waals surface area contributed by atoms with Crippen molar-refractivity contribution in [3.05, 3.63) is 48.0 Å². The van der Waals surface area contributed by atoms with Crippen molar-refractivity contribution >= 4 is 17.5 Å². The third-order valence-electron chi connectivity index (χ3n) is 5.66. The van der Waals surface area contributed by atoms with Crippen molar-refractivity contribution in [3.8, 4) is 0 Å². The SMILES string of the molecule is CCc1nccn1CCC(=O)N1CCC[C@@]2(C1)C(=O)Nc1ccccc12. The van der Waals surface area contributed by atoms with E-state index in [0.29, 0.717) is 19.5 Å². The number of nitrogens with zero attached hydrogens (tertiary/aromatic N) is 3. The fraction of sp³-hybridized carbons (Fsp3) is 0.450. The number of piperidine rings is 1. The number of hydrogen-bond donors (Lipinski definition) is 1. The highest BCUT2D eigenvalue weighted by molar-refractivity contribution is 6.06. The fourth-order valence-electron chi connectivity index (χ4n) is 4.28. The molecule has 1 N–H and O–H groups in total. The van der Waals surface area contributed by atoms with E-state index in [1.165, 1.54) is 0 Å². The highest BCUT2D eigenvalue weighted by Crippen LogP contribution is 2.43. The minimum atomic E-state index is -0.589. The molecule has 2 amide bonds. The van der Waals surface area contributed by atoms with Crippen LogP contribution in [0, 0.1) is 0 Å². The molecule has 1 spiro atoms. The predicted octanol–water partition coefficient (Wildman–Crippen LogP) is 2.35. The summed E-state index contributed by atoms with van der Waals surface area (Å²) in [6, 6.07) is 7.85. The number of nitrogens with one attached hydrogen (secondary N) is 1. The Morgan fingerprint density at radius 3 is 3.04 bits per heavy atom. The Kier molecular flexibility index (Phi) is 4.26. The highest BCUT2D eigenvalue weighted by Gasteiger charge is 2.49.